The molecule has 0 bridgehead atoms. The Morgan fingerprint density at radius 2 is 1.28 bits per heavy atom. The van der Waals surface area contributed by atoms with Gasteiger partial charge in [-0.05, 0) is 79.4 Å². The van der Waals surface area contributed by atoms with Crippen molar-refractivity contribution in [1.82, 2.24) is 0 Å². The van der Waals surface area contributed by atoms with Crippen molar-refractivity contribution in [3.05, 3.63) is 82.9 Å². The summed E-state index contributed by atoms with van der Waals surface area (Å²) in [6, 6.07) is 18.6. The van der Waals surface area contributed by atoms with Crippen molar-refractivity contribution in [1.29, 1.82) is 0 Å². The van der Waals surface area contributed by atoms with E-state index in [9.17, 15) is 14.4 Å². The fraction of sp³-hybridized carbons (Fsp3) is 0.400. The van der Waals surface area contributed by atoms with Crippen LogP contribution in [-0.2, 0) is 14.3 Å². The second kappa shape index (κ2) is 18.0. The van der Waals surface area contributed by atoms with Crippen molar-refractivity contribution < 1.29 is 33.3 Å². The first kappa shape index (κ1) is 33.7. The molecule has 0 heterocycles. The molecule has 0 radical (unpaired) electrons. The molecule has 0 aromatic heterocycles. The third kappa shape index (κ3) is 11.1. The maximum absolute atomic E-state index is 12.7. The number of carbonyl (C=O) groups is 3. The second-order valence-electron chi connectivity index (χ2n) is 10.3. The smallest absolute Gasteiger partial charge is 0.347 e. The Kier molecular flexibility index (Phi) is 14.1. The van der Waals surface area contributed by atoms with Gasteiger partial charge in [0.15, 0.2) is 6.10 Å². The van der Waals surface area contributed by atoms with Gasteiger partial charge in [0.2, 0.25) is 0 Å². The molecule has 0 aliphatic carbocycles. The lowest BCUT2D eigenvalue weighted by atomic mass is 10.0. The van der Waals surface area contributed by atoms with E-state index in [-0.39, 0.29) is 11.3 Å². The highest BCUT2D eigenvalue weighted by molar-refractivity contribution is 6.32. The first-order chi connectivity index (χ1) is 20.8. The van der Waals surface area contributed by atoms with Crippen LogP contribution in [0.25, 0.3) is 11.1 Å². The van der Waals surface area contributed by atoms with Gasteiger partial charge in [-0.1, -0.05) is 82.2 Å². The standard InChI is InChI=1S/C35H41ClO7/c1-4-6-8-10-22-40-32-21-18-29(24-31(32)36)26-12-14-27(15-13-26)35(39)43-30-19-16-28(17-20-30)34(38)42-25(3)33(37)41-23-11-9-7-5-2/h12-21,24-25H,4-11,22-23H2,1-3H3/t25-/m0/s1. The van der Waals surface area contributed by atoms with Crippen LogP contribution in [0, 0.1) is 0 Å². The van der Waals surface area contributed by atoms with Crippen LogP contribution in [0.1, 0.15) is 92.9 Å². The fourth-order valence-corrected chi connectivity index (χ4v) is 4.46. The van der Waals surface area contributed by atoms with E-state index in [1.54, 1.807) is 12.1 Å². The van der Waals surface area contributed by atoms with Gasteiger partial charge in [-0.25, -0.2) is 14.4 Å². The number of ether oxygens (including phenoxy) is 4. The van der Waals surface area contributed by atoms with Crippen molar-refractivity contribution in [3.8, 4) is 22.6 Å². The quantitative estimate of drug-likeness (QED) is 0.0859. The van der Waals surface area contributed by atoms with Gasteiger partial charge in [0, 0.05) is 0 Å². The van der Waals surface area contributed by atoms with E-state index >= 15 is 0 Å². The fourth-order valence-electron chi connectivity index (χ4n) is 4.23. The van der Waals surface area contributed by atoms with Gasteiger partial charge >= 0.3 is 17.9 Å². The molecule has 3 aromatic carbocycles. The van der Waals surface area contributed by atoms with Gasteiger partial charge in [0.25, 0.3) is 0 Å². The van der Waals surface area contributed by atoms with E-state index in [0.29, 0.717) is 29.5 Å². The molecular formula is C35H41ClO7. The third-order valence-electron chi connectivity index (χ3n) is 6.80. The van der Waals surface area contributed by atoms with Gasteiger partial charge in [-0.3, -0.25) is 0 Å². The summed E-state index contributed by atoms with van der Waals surface area (Å²) < 4.78 is 21.7. The number of esters is 3. The minimum absolute atomic E-state index is 0.221. The Morgan fingerprint density at radius 3 is 1.91 bits per heavy atom. The number of halogens is 1. The summed E-state index contributed by atoms with van der Waals surface area (Å²) >= 11 is 6.44. The number of hydrogen-bond donors (Lipinski definition) is 0. The largest absolute Gasteiger partial charge is 0.492 e. The molecule has 0 unspecified atom stereocenters. The second-order valence-corrected chi connectivity index (χ2v) is 10.7. The average molecular weight is 609 g/mol. The van der Waals surface area contributed by atoms with Crippen LogP contribution < -0.4 is 9.47 Å². The van der Waals surface area contributed by atoms with E-state index in [2.05, 4.69) is 13.8 Å². The van der Waals surface area contributed by atoms with Gasteiger partial charge in [0.1, 0.15) is 11.5 Å². The summed E-state index contributed by atoms with van der Waals surface area (Å²) in [4.78, 5) is 37.2. The Bertz CT molecular complexity index is 1320. The monoisotopic (exact) mass is 608 g/mol. The minimum Gasteiger partial charge on any atom is -0.492 e. The summed E-state index contributed by atoms with van der Waals surface area (Å²) in [5, 5.41) is 0.538. The highest BCUT2D eigenvalue weighted by Gasteiger charge is 2.20. The molecule has 0 aliphatic rings. The Morgan fingerprint density at radius 1 is 0.698 bits per heavy atom. The zero-order chi connectivity index (χ0) is 31.0. The van der Waals surface area contributed by atoms with E-state index in [0.717, 1.165) is 49.7 Å². The van der Waals surface area contributed by atoms with Gasteiger partial charge in [-0.15, -0.1) is 0 Å². The first-order valence-electron chi connectivity index (χ1n) is 15.0. The number of rotatable bonds is 17. The SMILES string of the molecule is CCCCCCOC(=O)[C@H](C)OC(=O)c1ccc(OC(=O)c2ccc(-c3ccc(OCCCCCC)c(Cl)c3)cc2)cc1. The van der Waals surface area contributed by atoms with Crippen LogP contribution in [-0.4, -0.2) is 37.2 Å². The van der Waals surface area contributed by atoms with Crippen molar-refractivity contribution in [2.75, 3.05) is 13.2 Å². The maximum atomic E-state index is 12.7. The topological polar surface area (TPSA) is 88.1 Å². The molecule has 3 rings (SSSR count). The molecule has 0 saturated carbocycles. The predicted octanol–water partition coefficient (Wildman–Crippen LogP) is 8.85. The molecule has 8 heteroatoms. The van der Waals surface area contributed by atoms with Crippen LogP contribution in [0.5, 0.6) is 11.5 Å². The normalized spacial score (nSPS) is 11.4. The molecule has 230 valence electrons. The molecular weight excluding hydrogens is 568 g/mol. The zero-order valence-corrected chi connectivity index (χ0v) is 26.0. The average Bonchev–Trinajstić information content (AvgIpc) is 3.01. The van der Waals surface area contributed by atoms with Crippen LogP contribution >= 0.6 is 11.6 Å². The molecule has 0 amide bonds. The zero-order valence-electron chi connectivity index (χ0n) is 25.2. The summed E-state index contributed by atoms with van der Waals surface area (Å²) in [5.74, 6) is -0.866. The highest BCUT2D eigenvalue weighted by Crippen LogP contribution is 2.31. The summed E-state index contributed by atoms with van der Waals surface area (Å²) in [5.41, 5.74) is 2.39. The number of benzene rings is 3. The Balaban J connectivity index is 1.49. The van der Waals surface area contributed by atoms with E-state index < -0.39 is 24.0 Å². The number of hydrogen-bond acceptors (Lipinski definition) is 7. The first-order valence-corrected chi connectivity index (χ1v) is 15.4. The molecule has 1 atom stereocenters. The number of unbranched alkanes of at least 4 members (excludes halogenated alkanes) is 6. The van der Waals surface area contributed by atoms with Gasteiger partial charge in [-0.2, -0.15) is 0 Å². The van der Waals surface area contributed by atoms with Gasteiger partial charge in [0.05, 0.1) is 29.4 Å². The Hall–Kier alpha value is -3.84. The third-order valence-corrected chi connectivity index (χ3v) is 7.10. The predicted molar refractivity (Wildman–Crippen MR) is 168 cm³/mol. The minimum atomic E-state index is -1.03. The molecule has 0 saturated heterocycles. The van der Waals surface area contributed by atoms with E-state index in [1.165, 1.54) is 44.0 Å². The van der Waals surface area contributed by atoms with Crippen LogP contribution in [0.15, 0.2) is 66.7 Å². The lowest BCUT2D eigenvalue weighted by Crippen LogP contribution is -2.26. The molecule has 43 heavy (non-hydrogen) atoms. The lowest BCUT2D eigenvalue weighted by molar-refractivity contribution is -0.153. The van der Waals surface area contributed by atoms with E-state index in [4.69, 9.17) is 30.5 Å². The molecule has 0 aliphatic heterocycles. The van der Waals surface area contributed by atoms with Crippen LogP contribution in [0.2, 0.25) is 5.02 Å². The van der Waals surface area contributed by atoms with Crippen molar-refractivity contribution >= 4 is 29.5 Å². The van der Waals surface area contributed by atoms with E-state index in [1.807, 2.05) is 30.3 Å². The summed E-state index contributed by atoms with van der Waals surface area (Å²) in [6.07, 6.45) is 7.42. The maximum Gasteiger partial charge on any atom is 0.347 e. The lowest BCUT2D eigenvalue weighted by Gasteiger charge is -2.13. The summed E-state index contributed by atoms with van der Waals surface area (Å²) in [6.45, 7) is 6.69. The Labute approximate surface area is 259 Å². The molecule has 0 fully saturated rings. The molecule has 0 spiro atoms. The van der Waals surface area contributed by atoms with Gasteiger partial charge < -0.3 is 18.9 Å². The van der Waals surface area contributed by atoms with Crippen molar-refractivity contribution in [2.24, 2.45) is 0 Å². The number of carbonyl (C=O) groups excluding carboxylic acids is 3. The molecule has 7 nitrogen and oxygen atoms in total. The summed E-state index contributed by atoms with van der Waals surface area (Å²) in [7, 11) is 0. The van der Waals surface area contributed by atoms with Crippen molar-refractivity contribution in [2.45, 2.75) is 78.2 Å². The highest BCUT2D eigenvalue weighted by atomic mass is 35.5. The van der Waals surface area contributed by atoms with Crippen molar-refractivity contribution in [3.63, 3.8) is 0 Å². The van der Waals surface area contributed by atoms with Crippen LogP contribution in [0.4, 0.5) is 0 Å². The van der Waals surface area contributed by atoms with Crippen LogP contribution in [0.3, 0.4) is 0 Å². The molecule has 3 aromatic rings. The molecule has 0 N–H and O–H groups in total.